The van der Waals surface area contributed by atoms with Gasteiger partial charge >= 0.3 is 0 Å². The molecule has 4 nitrogen and oxygen atoms in total. The zero-order valence-corrected chi connectivity index (χ0v) is 15.0. The van der Waals surface area contributed by atoms with E-state index >= 15 is 0 Å². The van der Waals surface area contributed by atoms with Gasteiger partial charge in [-0.25, -0.2) is 0 Å². The van der Waals surface area contributed by atoms with Crippen LogP contribution in [0.5, 0.6) is 11.5 Å². The number of para-hydroxylation sites is 1. The summed E-state index contributed by atoms with van der Waals surface area (Å²) in [5.74, 6) is 1.59. The highest BCUT2D eigenvalue weighted by atomic mass is 16.5. The quantitative estimate of drug-likeness (QED) is 0.770. The second-order valence-electron chi connectivity index (χ2n) is 6.61. The maximum Gasteiger partial charge on any atom is 0.120 e. The van der Waals surface area contributed by atoms with E-state index in [0.717, 1.165) is 22.6 Å². The van der Waals surface area contributed by atoms with Crippen LogP contribution in [0.4, 0.5) is 0 Å². The molecule has 0 amide bonds. The summed E-state index contributed by atoms with van der Waals surface area (Å²) in [6.45, 7) is 6.99. The van der Waals surface area contributed by atoms with Crippen LogP contribution in [0.1, 0.15) is 37.9 Å². The highest BCUT2D eigenvalue weighted by molar-refractivity contribution is 5.67. The Kier molecular flexibility index (Phi) is 5.29. The van der Waals surface area contributed by atoms with Gasteiger partial charge in [0.15, 0.2) is 0 Å². The summed E-state index contributed by atoms with van der Waals surface area (Å²) in [6.07, 6.45) is 2.25. The molecule has 2 aromatic rings. The van der Waals surface area contributed by atoms with E-state index in [0.29, 0.717) is 18.3 Å². The molecule has 0 aliphatic carbocycles. The molecule has 0 aromatic heterocycles. The third-order valence-corrected chi connectivity index (χ3v) is 4.42. The van der Waals surface area contributed by atoms with E-state index in [1.165, 1.54) is 0 Å². The van der Waals surface area contributed by atoms with Gasteiger partial charge in [-0.2, -0.15) is 0 Å². The largest absolute Gasteiger partial charge is 0.508 e. The standard InChI is InChI=1S/C21H26N2O2/c1-4-25-16-11-9-15(10-12-16)18-13-19(23-21(22-18)14(2)3)17-7-5-6-8-20(17)24/h5-14,19,21-24H,4H2,1-3H3. The maximum absolute atomic E-state index is 10.2. The van der Waals surface area contributed by atoms with Gasteiger partial charge in [-0.3, -0.25) is 5.32 Å². The van der Waals surface area contributed by atoms with Gasteiger partial charge in [-0.05, 0) is 54.8 Å². The molecule has 2 aromatic carbocycles. The average Bonchev–Trinajstić information content (AvgIpc) is 2.62. The smallest absolute Gasteiger partial charge is 0.120 e. The van der Waals surface area contributed by atoms with Crippen LogP contribution in [-0.4, -0.2) is 17.9 Å². The minimum Gasteiger partial charge on any atom is -0.508 e. The number of aromatic hydroxyl groups is 1. The van der Waals surface area contributed by atoms with Crippen LogP contribution in [0.3, 0.4) is 0 Å². The lowest BCUT2D eigenvalue weighted by atomic mass is 9.97. The molecule has 25 heavy (non-hydrogen) atoms. The van der Waals surface area contributed by atoms with E-state index in [4.69, 9.17) is 4.74 Å². The van der Waals surface area contributed by atoms with Crippen molar-refractivity contribution in [3.63, 3.8) is 0 Å². The maximum atomic E-state index is 10.2. The Bertz CT molecular complexity index is 738. The van der Waals surface area contributed by atoms with Crippen molar-refractivity contribution in [1.82, 2.24) is 10.6 Å². The lowest BCUT2D eigenvalue weighted by Gasteiger charge is -2.35. The number of rotatable bonds is 5. The lowest BCUT2D eigenvalue weighted by molar-refractivity contribution is 0.334. The van der Waals surface area contributed by atoms with Crippen LogP contribution in [0.25, 0.3) is 5.70 Å². The summed E-state index contributed by atoms with van der Waals surface area (Å²) in [4.78, 5) is 0. The van der Waals surface area contributed by atoms with E-state index in [-0.39, 0.29) is 12.2 Å². The summed E-state index contributed by atoms with van der Waals surface area (Å²) >= 11 is 0. The predicted octanol–water partition coefficient (Wildman–Crippen LogP) is 4.05. The molecule has 2 atom stereocenters. The van der Waals surface area contributed by atoms with Gasteiger partial charge in [0.1, 0.15) is 11.5 Å². The zero-order valence-electron chi connectivity index (χ0n) is 15.0. The molecule has 3 rings (SSSR count). The Morgan fingerprint density at radius 3 is 2.44 bits per heavy atom. The first-order chi connectivity index (χ1) is 12.1. The van der Waals surface area contributed by atoms with Crippen molar-refractivity contribution in [3.8, 4) is 11.5 Å². The van der Waals surface area contributed by atoms with Gasteiger partial charge < -0.3 is 15.2 Å². The predicted molar refractivity (Wildman–Crippen MR) is 101 cm³/mol. The SMILES string of the molecule is CCOc1ccc(C2=CC(c3ccccc3O)NC(C(C)C)N2)cc1. The molecule has 3 N–H and O–H groups in total. The van der Waals surface area contributed by atoms with Crippen molar-refractivity contribution < 1.29 is 9.84 Å². The van der Waals surface area contributed by atoms with Gasteiger partial charge in [-0.1, -0.05) is 32.0 Å². The minimum absolute atomic E-state index is 0.0450. The Balaban J connectivity index is 1.94. The van der Waals surface area contributed by atoms with Crippen molar-refractivity contribution in [2.45, 2.75) is 33.0 Å². The van der Waals surface area contributed by atoms with Crippen LogP contribution < -0.4 is 15.4 Å². The van der Waals surface area contributed by atoms with Crippen molar-refractivity contribution in [2.24, 2.45) is 5.92 Å². The summed E-state index contributed by atoms with van der Waals surface area (Å²) in [7, 11) is 0. The monoisotopic (exact) mass is 338 g/mol. The Morgan fingerprint density at radius 2 is 1.80 bits per heavy atom. The molecular formula is C21H26N2O2. The fraction of sp³-hybridized carbons (Fsp3) is 0.333. The van der Waals surface area contributed by atoms with Gasteiger partial charge in [0.2, 0.25) is 0 Å². The second-order valence-corrected chi connectivity index (χ2v) is 6.61. The highest BCUT2D eigenvalue weighted by Crippen LogP contribution is 2.31. The fourth-order valence-corrected chi connectivity index (χ4v) is 3.03. The van der Waals surface area contributed by atoms with E-state index in [1.807, 2.05) is 37.3 Å². The van der Waals surface area contributed by atoms with Crippen LogP contribution in [0.2, 0.25) is 0 Å². The summed E-state index contributed by atoms with van der Waals surface area (Å²) in [5.41, 5.74) is 3.06. The molecule has 1 aliphatic rings. The summed E-state index contributed by atoms with van der Waals surface area (Å²) in [6, 6.07) is 15.5. The van der Waals surface area contributed by atoms with Gasteiger partial charge in [0, 0.05) is 11.3 Å². The molecule has 0 spiro atoms. The molecule has 0 saturated carbocycles. The Hall–Kier alpha value is -2.46. The minimum atomic E-state index is -0.0450. The molecule has 0 fully saturated rings. The number of hydrogen-bond donors (Lipinski definition) is 3. The summed E-state index contributed by atoms with van der Waals surface area (Å²) < 4.78 is 5.53. The van der Waals surface area contributed by atoms with Crippen LogP contribution >= 0.6 is 0 Å². The van der Waals surface area contributed by atoms with Crippen molar-refractivity contribution in [3.05, 3.63) is 65.7 Å². The van der Waals surface area contributed by atoms with Crippen LogP contribution in [0, 0.1) is 5.92 Å². The summed E-state index contributed by atoms with van der Waals surface area (Å²) in [5, 5.41) is 17.4. The average molecular weight is 338 g/mol. The van der Waals surface area contributed by atoms with Gasteiger partial charge in [0.05, 0.1) is 18.8 Å². The lowest BCUT2D eigenvalue weighted by Crippen LogP contribution is -2.49. The molecular weight excluding hydrogens is 312 g/mol. The first kappa shape index (κ1) is 17.4. The normalized spacial score (nSPS) is 20.1. The van der Waals surface area contributed by atoms with Crippen molar-refractivity contribution >= 4 is 5.70 Å². The van der Waals surface area contributed by atoms with Crippen LogP contribution in [0.15, 0.2) is 54.6 Å². The molecule has 0 bridgehead atoms. The third kappa shape index (κ3) is 3.97. The Morgan fingerprint density at radius 1 is 1.08 bits per heavy atom. The van der Waals surface area contributed by atoms with E-state index in [9.17, 15) is 5.11 Å². The zero-order chi connectivity index (χ0) is 17.8. The number of hydrogen-bond acceptors (Lipinski definition) is 4. The number of phenols is 1. The molecule has 4 heteroatoms. The molecule has 0 saturated heterocycles. The van der Waals surface area contributed by atoms with Crippen molar-refractivity contribution in [1.29, 1.82) is 0 Å². The number of phenolic OH excluding ortho intramolecular Hbond substituents is 1. The third-order valence-electron chi connectivity index (χ3n) is 4.42. The van der Waals surface area contributed by atoms with E-state index < -0.39 is 0 Å². The van der Waals surface area contributed by atoms with Crippen molar-refractivity contribution in [2.75, 3.05) is 6.61 Å². The Labute approximate surface area is 149 Å². The number of nitrogens with one attached hydrogen (secondary N) is 2. The highest BCUT2D eigenvalue weighted by Gasteiger charge is 2.26. The molecule has 1 aliphatic heterocycles. The number of benzene rings is 2. The van der Waals surface area contributed by atoms with E-state index in [2.05, 4.69) is 42.7 Å². The molecule has 1 heterocycles. The molecule has 0 radical (unpaired) electrons. The number of ether oxygens (including phenoxy) is 1. The van der Waals surface area contributed by atoms with Gasteiger partial charge in [0.25, 0.3) is 0 Å². The molecule has 2 unspecified atom stereocenters. The fourth-order valence-electron chi connectivity index (χ4n) is 3.03. The van der Waals surface area contributed by atoms with Crippen LogP contribution in [-0.2, 0) is 0 Å². The first-order valence-electron chi connectivity index (χ1n) is 8.84. The topological polar surface area (TPSA) is 53.5 Å². The molecule has 132 valence electrons. The first-order valence-corrected chi connectivity index (χ1v) is 8.84. The van der Waals surface area contributed by atoms with Gasteiger partial charge in [-0.15, -0.1) is 0 Å². The van der Waals surface area contributed by atoms with E-state index in [1.54, 1.807) is 6.07 Å². The second kappa shape index (κ2) is 7.62.